The van der Waals surface area contributed by atoms with E-state index in [1.54, 1.807) is 0 Å². The van der Waals surface area contributed by atoms with E-state index in [4.69, 9.17) is 5.11 Å². The maximum Gasteiger partial charge on any atom is 0.220 e. The number of nitrogens with one attached hydrogen (secondary N) is 2. The zero-order valence-corrected chi connectivity index (χ0v) is 9.78. The molecule has 0 aliphatic carbocycles. The Balaban J connectivity index is 1.72. The smallest absolute Gasteiger partial charge is 0.220 e. The summed E-state index contributed by atoms with van der Waals surface area (Å²) < 4.78 is 0. The summed E-state index contributed by atoms with van der Waals surface area (Å²) in [6.07, 6.45) is 1.58. The second kappa shape index (κ2) is 5.80. The van der Waals surface area contributed by atoms with E-state index in [1.165, 1.54) is 5.56 Å². The Kier molecular flexibility index (Phi) is 4.12. The number of rotatable bonds is 5. The van der Waals surface area contributed by atoms with E-state index in [2.05, 4.69) is 10.6 Å². The van der Waals surface area contributed by atoms with Crippen molar-refractivity contribution in [1.29, 1.82) is 0 Å². The lowest BCUT2D eigenvalue weighted by molar-refractivity contribution is -0.119. The summed E-state index contributed by atoms with van der Waals surface area (Å²) in [5.74, 6) is 0.157. The van der Waals surface area contributed by atoms with Crippen LogP contribution in [0.3, 0.4) is 0 Å². The van der Waals surface area contributed by atoms with Crippen LogP contribution in [0.1, 0.15) is 24.0 Å². The highest BCUT2D eigenvalue weighted by molar-refractivity contribution is 5.78. The lowest BCUT2D eigenvalue weighted by Gasteiger charge is -2.11. The predicted molar refractivity (Wildman–Crippen MR) is 65.2 cm³/mol. The Bertz CT molecular complexity index is 376. The van der Waals surface area contributed by atoms with E-state index in [1.807, 2.05) is 24.3 Å². The van der Waals surface area contributed by atoms with E-state index >= 15 is 0 Å². The van der Waals surface area contributed by atoms with E-state index < -0.39 is 0 Å². The van der Waals surface area contributed by atoms with Crippen molar-refractivity contribution in [1.82, 2.24) is 10.6 Å². The fraction of sp³-hybridized carbons (Fsp3) is 0.462. The first-order chi connectivity index (χ1) is 8.28. The van der Waals surface area contributed by atoms with Gasteiger partial charge < -0.3 is 15.7 Å². The standard InChI is InChI=1S/C13H18N2O2/c16-9-11-3-1-10(2-4-11)7-14-8-12-5-6-13(17)15-12/h1-4,12,14,16H,5-9H2,(H,15,17). The molecule has 1 aliphatic heterocycles. The van der Waals surface area contributed by atoms with Crippen LogP contribution in [0.4, 0.5) is 0 Å². The van der Waals surface area contributed by atoms with Crippen LogP contribution >= 0.6 is 0 Å². The molecule has 1 atom stereocenters. The molecule has 3 N–H and O–H groups in total. The fourth-order valence-electron chi connectivity index (χ4n) is 1.98. The summed E-state index contributed by atoms with van der Waals surface area (Å²) in [6.45, 7) is 1.69. The maximum atomic E-state index is 11.0. The number of hydrogen-bond acceptors (Lipinski definition) is 3. The van der Waals surface area contributed by atoms with E-state index in [9.17, 15) is 4.79 Å². The Morgan fingerprint density at radius 1 is 1.29 bits per heavy atom. The van der Waals surface area contributed by atoms with Crippen LogP contribution in [-0.4, -0.2) is 23.6 Å². The van der Waals surface area contributed by atoms with Crippen LogP contribution in [-0.2, 0) is 17.9 Å². The van der Waals surface area contributed by atoms with Gasteiger partial charge >= 0.3 is 0 Å². The summed E-state index contributed by atoms with van der Waals surface area (Å²) in [7, 11) is 0. The Morgan fingerprint density at radius 2 is 2.00 bits per heavy atom. The molecular weight excluding hydrogens is 216 g/mol. The molecular formula is C13H18N2O2. The van der Waals surface area contributed by atoms with Crippen molar-refractivity contribution in [3.05, 3.63) is 35.4 Å². The largest absolute Gasteiger partial charge is 0.392 e. The third-order valence-electron chi connectivity index (χ3n) is 3.01. The highest BCUT2D eigenvalue weighted by atomic mass is 16.3. The molecule has 4 heteroatoms. The molecule has 0 saturated carbocycles. The van der Waals surface area contributed by atoms with Gasteiger partial charge in [-0.2, -0.15) is 0 Å². The Labute approximate surface area is 101 Å². The number of benzene rings is 1. The third-order valence-corrected chi connectivity index (χ3v) is 3.01. The highest BCUT2D eigenvalue weighted by Gasteiger charge is 2.19. The maximum absolute atomic E-state index is 11.0. The van der Waals surface area contributed by atoms with Gasteiger partial charge in [0.2, 0.25) is 5.91 Å². The topological polar surface area (TPSA) is 61.4 Å². The van der Waals surface area contributed by atoms with Crippen molar-refractivity contribution in [2.24, 2.45) is 0 Å². The summed E-state index contributed by atoms with van der Waals surface area (Å²) >= 11 is 0. The van der Waals surface area contributed by atoms with Crippen LogP contribution in [0.25, 0.3) is 0 Å². The monoisotopic (exact) mass is 234 g/mol. The second-order valence-corrected chi connectivity index (χ2v) is 4.41. The molecule has 1 saturated heterocycles. The zero-order chi connectivity index (χ0) is 12.1. The van der Waals surface area contributed by atoms with Crippen molar-refractivity contribution >= 4 is 5.91 Å². The first-order valence-corrected chi connectivity index (χ1v) is 5.96. The minimum absolute atomic E-state index is 0.0851. The van der Waals surface area contributed by atoms with Crippen molar-refractivity contribution in [3.8, 4) is 0 Å². The number of amides is 1. The summed E-state index contributed by atoms with van der Waals surface area (Å²) in [6, 6.07) is 8.14. The average Bonchev–Trinajstić information content (AvgIpc) is 2.76. The molecule has 1 unspecified atom stereocenters. The molecule has 1 fully saturated rings. The average molecular weight is 234 g/mol. The fourth-order valence-corrected chi connectivity index (χ4v) is 1.98. The van der Waals surface area contributed by atoms with Gasteiger partial charge in [0.25, 0.3) is 0 Å². The van der Waals surface area contributed by atoms with Gasteiger partial charge in [-0.05, 0) is 17.5 Å². The normalized spacial score (nSPS) is 19.4. The third kappa shape index (κ3) is 3.54. The first-order valence-electron chi connectivity index (χ1n) is 5.96. The number of hydrogen-bond donors (Lipinski definition) is 3. The van der Waals surface area contributed by atoms with Gasteiger partial charge in [-0.3, -0.25) is 4.79 Å². The molecule has 1 aromatic carbocycles. The van der Waals surface area contributed by atoms with Crippen LogP contribution < -0.4 is 10.6 Å². The molecule has 92 valence electrons. The summed E-state index contributed by atoms with van der Waals surface area (Å²) in [5, 5.41) is 15.2. The van der Waals surface area contributed by atoms with Gasteiger partial charge in [0.05, 0.1) is 6.61 Å². The summed E-state index contributed by atoms with van der Waals surface area (Å²) in [5.41, 5.74) is 2.11. The molecule has 0 spiro atoms. The molecule has 2 rings (SSSR count). The lowest BCUT2D eigenvalue weighted by atomic mass is 10.1. The van der Waals surface area contributed by atoms with Gasteiger partial charge in [0, 0.05) is 25.6 Å². The molecule has 0 radical (unpaired) electrons. The lowest BCUT2D eigenvalue weighted by Crippen LogP contribution is -2.35. The Morgan fingerprint density at radius 3 is 2.59 bits per heavy atom. The summed E-state index contributed by atoms with van der Waals surface area (Å²) in [4.78, 5) is 11.0. The van der Waals surface area contributed by atoms with Crippen LogP contribution in [0.15, 0.2) is 24.3 Å². The van der Waals surface area contributed by atoms with Crippen molar-refractivity contribution in [2.45, 2.75) is 32.0 Å². The van der Waals surface area contributed by atoms with Gasteiger partial charge in [-0.25, -0.2) is 0 Å². The molecule has 1 heterocycles. The molecule has 4 nitrogen and oxygen atoms in total. The van der Waals surface area contributed by atoms with E-state index in [0.29, 0.717) is 6.42 Å². The predicted octanol–water partition coefficient (Wildman–Crippen LogP) is 0.547. The van der Waals surface area contributed by atoms with Crippen molar-refractivity contribution < 1.29 is 9.90 Å². The number of aliphatic hydroxyl groups is 1. The molecule has 1 aromatic rings. The Hall–Kier alpha value is -1.39. The first kappa shape index (κ1) is 12.1. The molecule has 0 bridgehead atoms. The molecule has 17 heavy (non-hydrogen) atoms. The molecule has 1 aliphatic rings. The van der Waals surface area contributed by atoms with Crippen LogP contribution in [0, 0.1) is 0 Å². The second-order valence-electron chi connectivity index (χ2n) is 4.41. The van der Waals surface area contributed by atoms with E-state index in [0.717, 1.165) is 25.1 Å². The number of carbonyl (C=O) groups is 1. The van der Waals surface area contributed by atoms with Gasteiger partial charge in [-0.15, -0.1) is 0 Å². The van der Waals surface area contributed by atoms with E-state index in [-0.39, 0.29) is 18.6 Å². The highest BCUT2D eigenvalue weighted by Crippen LogP contribution is 2.06. The molecule has 1 amide bonds. The van der Waals surface area contributed by atoms with Crippen molar-refractivity contribution in [3.63, 3.8) is 0 Å². The van der Waals surface area contributed by atoms with Gasteiger partial charge in [-0.1, -0.05) is 24.3 Å². The quantitative estimate of drug-likeness (QED) is 0.697. The molecule has 0 aromatic heterocycles. The minimum atomic E-state index is 0.0851. The van der Waals surface area contributed by atoms with Gasteiger partial charge in [0.1, 0.15) is 0 Å². The number of carbonyl (C=O) groups excluding carboxylic acids is 1. The van der Waals surface area contributed by atoms with Crippen LogP contribution in [0.5, 0.6) is 0 Å². The van der Waals surface area contributed by atoms with Crippen LogP contribution in [0.2, 0.25) is 0 Å². The van der Waals surface area contributed by atoms with Gasteiger partial charge in [0.15, 0.2) is 0 Å². The SMILES string of the molecule is O=C1CCC(CNCc2ccc(CO)cc2)N1. The van der Waals surface area contributed by atoms with Crippen molar-refractivity contribution in [2.75, 3.05) is 6.54 Å². The minimum Gasteiger partial charge on any atom is -0.392 e. The number of aliphatic hydroxyl groups excluding tert-OH is 1. The zero-order valence-electron chi connectivity index (χ0n) is 9.78.